The van der Waals surface area contributed by atoms with E-state index in [9.17, 15) is 28.0 Å². The zero-order valence-electron chi connectivity index (χ0n) is 19.6. The lowest BCUT2D eigenvalue weighted by molar-refractivity contribution is -0.144. The largest absolute Gasteiger partial charge is 0.330 e. The van der Waals surface area contributed by atoms with Crippen molar-refractivity contribution in [1.82, 2.24) is 10.2 Å². The van der Waals surface area contributed by atoms with Gasteiger partial charge in [-0.25, -0.2) is 0 Å². The second-order valence-corrected chi connectivity index (χ2v) is 8.00. The van der Waals surface area contributed by atoms with E-state index in [0.717, 1.165) is 17.0 Å². The Morgan fingerprint density at radius 1 is 1.25 bits per heavy atom. The van der Waals surface area contributed by atoms with Crippen LogP contribution in [0.15, 0.2) is 42.4 Å². The zero-order chi connectivity index (χ0) is 25.7. The van der Waals surface area contributed by atoms with Crippen LogP contribution in [0, 0.1) is 0 Å². The number of carbonyl (C=O) groups excluding carboxylic acids is 4. The topological polar surface area (TPSA) is 83.6 Å². The van der Waals surface area contributed by atoms with Crippen molar-refractivity contribution in [2.75, 3.05) is 0 Å². The van der Waals surface area contributed by atoms with Crippen LogP contribution in [0.25, 0.3) is 0 Å². The Balaban J connectivity index is 1.57. The van der Waals surface area contributed by atoms with E-state index in [0.29, 0.717) is 0 Å². The minimum absolute atomic E-state index is 0.0159. The summed E-state index contributed by atoms with van der Waals surface area (Å²) in [6.07, 6.45) is -0.954. The molecule has 2 aliphatic rings. The lowest BCUT2D eigenvalue weighted by Crippen LogP contribution is -2.52. The molecule has 0 aromatic heterocycles. The third kappa shape index (κ3) is 4.14. The van der Waals surface area contributed by atoms with Crippen molar-refractivity contribution in [3.63, 3.8) is 0 Å². The first-order valence-electron chi connectivity index (χ1n) is 11.4. The molecule has 2 unspecified atom stereocenters. The third-order valence-corrected chi connectivity index (χ3v) is 5.67. The van der Waals surface area contributed by atoms with Crippen LogP contribution < -0.4 is 5.32 Å². The molecule has 2 aliphatic heterocycles. The van der Waals surface area contributed by atoms with Gasteiger partial charge in [-0.15, -0.1) is 0 Å². The second kappa shape index (κ2) is 8.43. The van der Waals surface area contributed by atoms with Gasteiger partial charge in [0, 0.05) is 35.5 Å². The highest BCUT2D eigenvalue weighted by Crippen LogP contribution is 2.32. The van der Waals surface area contributed by atoms with Gasteiger partial charge in [0.25, 0.3) is 5.91 Å². The van der Waals surface area contributed by atoms with Crippen LogP contribution in [-0.2, 0) is 33.2 Å². The van der Waals surface area contributed by atoms with Crippen molar-refractivity contribution in [2.24, 2.45) is 0 Å². The second-order valence-electron chi connectivity index (χ2n) is 7.56. The maximum atomic E-state index is 14.6. The zero-order valence-corrected chi connectivity index (χ0v) is 17.3. The molecule has 6 nitrogen and oxygen atoms in total. The minimum Gasteiger partial charge on any atom is -0.322 e. The maximum absolute atomic E-state index is 14.6. The fraction of sp³-hybridized carbons (Fsp3) is 0.304. The molecule has 0 bridgehead atoms. The molecule has 1 N–H and O–H groups in total. The molecule has 0 spiro atoms. The van der Waals surface area contributed by atoms with Crippen molar-refractivity contribution >= 4 is 35.1 Å². The minimum atomic E-state index is -3.79. The molecular weight excluding hydrogens is 442 g/mol. The first-order valence-corrected chi connectivity index (χ1v) is 10.2. The Kier molecular flexibility index (Phi) is 4.86. The number of hydrogen-bond donors (Lipinski definition) is 1. The standard InChI is InChI=1S/C23H19ClF2N2O4/c24-16-5-3-15(4-6-16)23(25,26)19(29)9-2-13-1-7-17-14(11-13)12-28(22(17)32)18-8-10-20(30)27-21(18)31/h1,3-7,11,18H,2,8-10,12H2,(H,27,30,31)/i1D,7D,12D. The summed E-state index contributed by atoms with van der Waals surface area (Å²) < 4.78 is 54.2. The van der Waals surface area contributed by atoms with Crippen LogP contribution >= 0.6 is 11.6 Å². The highest BCUT2D eigenvalue weighted by Gasteiger charge is 2.41. The number of nitrogens with zero attached hydrogens (tertiary/aromatic N) is 1. The monoisotopic (exact) mass is 463 g/mol. The summed E-state index contributed by atoms with van der Waals surface area (Å²) in [6.45, 7) is -1.39. The summed E-state index contributed by atoms with van der Waals surface area (Å²) in [5.41, 5.74) is -0.636. The number of aryl methyl sites for hydroxylation is 1. The van der Waals surface area contributed by atoms with Crippen LogP contribution in [0.2, 0.25) is 5.02 Å². The molecule has 9 heteroatoms. The first-order chi connectivity index (χ1) is 16.4. The number of piperidine rings is 1. The molecule has 3 amide bonds. The van der Waals surface area contributed by atoms with Gasteiger partial charge in [-0.1, -0.05) is 35.8 Å². The Labute approximate surface area is 191 Å². The highest BCUT2D eigenvalue weighted by molar-refractivity contribution is 6.30. The van der Waals surface area contributed by atoms with Crippen LogP contribution in [0.4, 0.5) is 8.78 Å². The number of ketones is 1. The van der Waals surface area contributed by atoms with E-state index >= 15 is 0 Å². The summed E-state index contributed by atoms with van der Waals surface area (Å²) in [5.74, 6) is -7.19. The van der Waals surface area contributed by atoms with Crippen molar-refractivity contribution in [3.8, 4) is 0 Å². The number of halogens is 3. The molecule has 0 radical (unpaired) electrons. The lowest BCUT2D eigenvalue weighted by Gasteiger charge is -2.29. The smallest absolute Gasteiger partial charge is 0.322 e. The fourth-order valence-electron chi connectivity index (χ4n) is 3.67. The summed E-state index contributed by atoms with van der Waals surface area (Å²) in [4.78, 5) is 49.9. The van der Waals surface area contributed by atoms with Gasteiger partial charge in [-0.3, -0.25) is 24.5 Å². The fourth-order valence-corrected chi connectivity index (χ4v) is 3.79. The van der Waals surface area contributed by atoms with E-state index in [-0.39, 0.29) is 41.0 Å². The molecule has 1 fully saturated rings. The average Bonchev–Trinajstić information content (AvgIpc) is 3.05. The van der Waals surface area contributed by atoms with Gasteiger partial charge >= 0.3 is 5.92 Å². The van der Waals surface area contributed by atoms with Crippen LogP contribution in [0.1, 0.15) is 50.4 Å². The first kappa shape index (κ1) is 18.4. The number of hydrogen-bond acceptors (Lipinski definition) is 4. The predicted octanol–water partition coefficient (Wildman–Crippen LogP) is 3.39. The van der Waals surface area contributed by atoms with Crippen LogP contribution in [0.3, 0.4) is 0 Å². The van der Waals surface area contributed by atoms with E-state index in [1.54, 1.807) is 0 Å². The Morgan fingerprint density at radius 2 is 1.97 bits per heavy atom. The molecule has 32 heavy (non-hydrogen) atoms. The van der Waals surface area contributed by atoms with Crippen LogP contribution in [-0.4, -0.2) is 34.4 Å². The van der Waals surface area contributed by atoms with E-state index in [2.05, 4.69) is 5.32 Å². The van der Waals surface area contributed by atoms with E-state index < -0.39 is 66.1 Å². The number of fused-ring (bicyclic) bond motifs is 1. The quantitative estimate of drug-likeness (QED) is 0.665. The number of Topliss-reactive ketones (excluding diaryl/α,β-unsaturated/α-hetero) is 1. The molecule has 4 rings (SSSR count). The summed E-state index contributed by atoms with van der Waals surface area (Å²) >= 11 is 5.71. The SMILES string of the molecule is [2H]c1c(CCC(=O)C(F)(F)c2ccc(Cl)cc2)cc2c(c1[2H])C(=O)N(C1CCC(=O)NC1=O)C2[2H]. The van der Waals surface area contributed by atoms with Gasteiger partial charge in [0.15, 0.2) is 0 Å². The van der Waals surface area contributed by atoms with E-state index in [1.807, 2.05) is 0 Å². The molecule has 2 atom stereocenters. The Bertz CT molecular complexity index is 1260. The number of amides is 3. The number of alkyl halides is 2. The molecule has 166 valence electrons. The molecule has 2 aromatic carbocycles. The third-order valence-electron chi connectivity index (χ3n) is 5.42. The van der Waals surface area contributed by atoms with Gasteiger partial charge < -0.3 is 4.90 Å². The maximum Gasteiger partial charge on any atom is 0.330 e. The Hall–Kier alpha value is -3.13. The summed E-state index contributed by atoms with van der Waals surface area (Å²) in [7, 11) is 0. The van der Waals surface area contributed by atoms with Gasteiger partial charge in [0.1, 0.15) is 6.04 Å². The lowest BCUT2D eigenvalue weighted by atomic mass is 9.97. The van der Waals surface area contributed by atoms with Gasteiger partial charge in [0.2, 0.25) is 17.6 Å². The molecular formula is C23H19ClF2N2O4. The molecule has 2 heterocycles. The van der Waals surface area contributed by atoms with Gasteiger partial charge in [0.05, 0.1) is 4.11 Å². The molecule has 2 aromatic rings. The number of rotatable bonds is 6. The number of nitrogens with one attached hydrogen (secondary N) is 1. The predicted molar refractivity (Wildman–Crippen MR) is 111 cm³/mol. The van der Waals surface area contributed by atoms with Crippen molar-refractivity contribution in [2.45, 2.75) is 44.2 Å². The molecule has 1 saturated heterocycles. The van der Waals surface area contributed by atoms with Crippen molar-refractivity contribution in [3.05, 3.63) is 69.7 Å². The molecule has 0 saturated carbocycles. The van der Waals surface area contributed by atoms with E-state index in [4.69, 9.17) is 15.7 Å². The molecule has 0 aliphatic carbocycles. The van der Waals surface area contributed by atoms with Crippen molar-refractivity contribution < 1.29 is 32.1 Å². The van der Waals surface area contributed by atoms with Crippen LogP contribution in [0.5, 0.6) is 0 Å². The summed E-state index contributed by atoms with van der Waals surface area (Å²) in [6, 6.07) is 3.85. The highest BCUT2D eigenvalue weighted by atomic mass is 35.5. The van der Waals surface area contributed by atoms with Gasteiger partial charge in [-0.2, -0.15) is 8.78 Å². The normalized spacial score (nSPS) is 22.2. The number of imide groups is 1. The Morgan fingerprint density at radius 3 is 2.66 bits per heavy atom. The van der Waals surface area contributed by atoms with E-state index in [1.165, 1.54) is 18.2 Å². The average molecular weight is 464 g/mol. The van der Waals surface area contributed by atoms with Gasteiger partial charge in [-0.05, 0) is 42.1 Å². The van der Waals surface area contributed by atoms with Crippen molar-refractivity contribution in [1.29, 1.82) is 0 Å². The number of carbonyl (C=O) groups is 4. The number of benzene rings is 2. The summed E-state index contributed by atoms with van der Waals surface area (Å²) in [5, 5.41) is 2.36.